The Kier molecular flexibility index (Phi) is 7.76. The van der Waals surface area contributed by atoms with Gasteiger partial charge in [0.25, 0.3) is 0 Å². The summed E-state index contributed by atoms with van der Waals surface area (Å²) in [5.74, 6) is 2.20. The molecule has 7 heteroatoms. The fourth-order valence-corrected chi connectivity index (χ4v) is 3.28. The van der Waals surface area contributed by atoms with Crippen LogP contribution in [0.2, 0.25) is 0 Å². The van der Waals surface area contributed by atoms with Gasteiger partial charge < -0.3 is 24.4 Å². The average Bonchev–Trinajstić information content (AvgIpc) is 3.07. The van der Waals surface area contributed by atoms with Gasteiger partial charge >= 0.3 is 5.97 Å². The van der Waals surface area contributed by atoms with Crippen molar-refractivity contribution in [3.8, 4) is 11.5 Å². The summed E-state index contributed by atoms with van der Waals surface area (Å²) in [6, 6.07) is 5.84. The zero-order valence-corrected chi connectivity index (χ0v) is 16.9. The number of esters is 1. The van der Waals surface area contributed by atoms with Crippen molar-refractivity contribution in [1.82, 2.24) is 10.2 Å². The summed E-state index contributed by atoms with van der Waals surface area (Å²) in [5, 5.41) is 3.32. The van der Waals surface area contributed by atoms with Gasteiger partial charge in [0.2, 0.25) is 0 Å². The van der Waals surface area contributed by atoms with Crippen LogP contribution in [0, 0.1) is 11.8 Å². The number of nitrogens with one attached hydrogen (secondary N) is 1. The number of likely N-dealkylation sites (tertiary alicyclic amines) is 1. The molecule has 0 saturated carbocycles. The van der Waals surface area contributed by atoms with Crippen LogP contribution in [-0.4, -0.2) is 57.3 Å². The van der Waals surface area contributed by atoms with Gasteiger partial charge in [-0.1, -0.05) is 13.0 Å². The fourth-order valence-electron chi connectivity index (χ4n) is 3.28. The lowest BCUT2D eigenvalue weighted by Gasteiger charge is -2.21. The number of nitrogens with zero attached hydrogens (tertiary/aromatic N) is 2. The van der Waals surface area contributed by atoms with E-state index in [0.717, 1.165) is 30.4 Å². The molecule has 2 unspecified atom stereocenters. The molecule has 2 atom stereocenters. The summed E-state index contributed by atoms with van der Waals surface area (Å²) in [4.78, 5) is 18.8. The monoisotopic (exact) mass is 377 g/mol. The minimum Gasteiger partial charge on any atom is -0.493 e. The average molecular weight is 377 g/mol. The van der Waals surface area contributed by atoms with Crippen molar-refractivity contribution in [2.75, 3.05) is 40.5 Å². The van der Waals surface area contributed by atoms with Crippen LogP contribution in [0.25, 0.3) is 0 Å². The second-order valence-electron chi connectivity index (χ2n) is 6.60. The molecule has 27 heavy (non-hydrogen) atoms. The molecule has 1 aliphatic heterocycles. The van der Waals surface area contributed by atoms with Crippen LogP contribution in [0.3, 0.4) is 0 Å². The van der Waals surface area contributed by atoms with E-state index in [9.17, 15) is 4.79 Å². The molecule has 1 saturated heterocycles. The van der Waals surface area contributed by atoms with E-state index in [1.54, 1.807) is 7.11 Å². The van der Waals surface area contributed by atoms with Crippen LogP contribution in [0.15, 0.2) is 23.2 Å². The SMILES string of the molecule is CCNC(=NCc1ccc(OCC)c(OC)c1)N1CC(C)C(C(=O)OC)C1. The van der Waals surface area contributed by atoms with Gasteiger partial charge in [-0.25, -0.2) is 4.99 Å². The number of carbonyl (C=O) groups excluding carboxylic acids is 1. The lowest BCUT2D eigenvalue weighted by atomic mass is 9.99. The van der Waals surface area contributed by atoms with Gasteiger partial charge in [0.1, 0.15) is 0 Å². The first-order valence-corrected chi connectivity index (χ1v) is 9.44. The maximum Gasteiger partial charge on any atom is 0.310 e. The first kappa shape index (κ1) is 20.9. The Morgan fingerprint density at radius 1 is 1.26 bits per heavy atom. The molecule has 0 radical (unpaired) electrons. The Balaban J connectivity index is 2.13. The summed E-state index contributed by atoms with van der Waals surface area (Å²) in [6.07, 6.45) is 0. The summed E-state index contributed by atoms with van der Waals surface area (Å²) in [7, 11) is 3.07. The van der Waals surface area contributed by atoms with Crippen molar-refractivity contribution in [2.45, 2.75) is 27.3 Å². The summed E-state index contributed by atoms with van der Waals surface area (Å²) >= 11 is 0. The topological polar surface area (TPSA) is 72.4 Å². The van der Waals surface area contributed by atoms with E-state index in [1.165, 1.54) is 7.11 Å². The maximum absolute atomic E-state index is 12.0. The molecule has 1 heterocycles. The minimum absolute atomic E-state index is 0.121. The largest absolute Gasteiger partial charge is 0.493 e. The second-order valence-corrected chi connectivity index (χ2v) is 6.60. The molecule has 150 valence electrons. The van der Waals surface area contributed by atoms with Gasteiger partial charge in [-0.05, 0) is 37.5 Å². The van der Waals surface area contributed by atoms with Crippen LogP contribution in [0.1, 0.15) is 26.3 Å². The molecule has 0 aromatic heterocycles. The number of guanidine groups is 1. The Labute approximate surface area is 161 Å². The molecule has 0 bridgehead atoms. The minimum atomic E-state index is -0.155. The normalized spacial score (nSPS) is 19.7. The lowest BCUT2D eigenvalue weighted by molar-refractivity contribution is -0.145. The molecule has 1 aliphatic rings. The quantitative estimate of drug-likeness (QED) is 0.447. The molecule has 7 nitrogen and oxygen atoms in total. The van der Waals surface area contributed by atoms with E-state index in [-0.39, 0.29) is 17.8 Å². The zero-order chi connectivity index (χ0) is 19.8. The fraction of sp³-hybridized carbons (Fsp3) is 0.600. The van der Waals surface area contributed by atoms with Crippen LogP contribution in [-0.2, 0) is 16.1 Å². The highest BCUT2D eigenvalue weighted by atomic mass is 16.5. The van der Waals surface area contributed by atoms with Crippen molar-refractivity contribution in [3.05, 3.63) is 23.8 Å². The van der Waals surface area contributed by atoms with Crippen molar-refractivity contribution >= 4 is 11.9 Å². The molecule has 1 aromatic carbocycles. The third-order valence-electron chi connectivity index (χ3n) is 4.69. The van der Waals surface area contributed by atoms with E-state index in [2.05, 4.69) is 17.1 Å². The van der Waals surface area contributed by atoms with Gasteiger partial charge in [0, 0.05) is 19.6 Å². The Hall–Kier alpha value is -2.44. The Morgan fingerprint density at radius 3 is 2.67 bits per heavy atom. The van der Waals surface area contributed by atoms with Crippen molar-refractivity contribution in [2.24, 2.45) is 16.8 Å². The number of rotatable bonds is 7. The molecular weight excluding hydrogens is 346 g/mol. The molecule has 0 aliphatic carbocycles. The van der Waals surface area contributed by atoms with Crippen LogP contribution in [0.4, 0.5) is 0 Å². The molecule has 1 fully saturated rings. The zero-order valence-electron chi connectivity index (χ0n) is 16.9. The number of ether oxygens (including phenoxy) is 3. The number of hydrogen-bond donors (Lipinski definition) is 1. The second kappa shape index (κ2) is 10.0. The molecule has 0 spiro atoms. The Bertz CT molecular complexity index is 663. The Morgan fingerprint density at radius 2 is 2.04 bits per heavy atom. The predicted molar refractivity (Wildman–Crippen MR) is 105 cm³/mol. The van der Waals surface area contributed by atoms with E-state index >= 15 is 0 Å². The molecule has 2 rings (SSSR count). The van der Waals surface area contributed by atoms with Crippen molar-refractivity contribution in [3.63, 3.8) is 0 Å². The number of carbonyl (C=O) groups is 1. The van der Waals surface area contributed by atoms with Crippen LogP contribution in [0.5, 0.6) is 11.5 Å². The van der Waals surface area contributed by atoms with E-state index in [4.69, 9.17) is 19.2 Å². The first-order valence-electron chi connectivity index (χ1n) is 9.44. The predicted octanol–water partition coefficient (Wildman–Crippen LogP) is 2.30. The van der Waals surface area contributed by atoms with Crippen molar-refractivity contribution < 1.29 is 19.0 Å². The number of methoxy groups -OCH3 is 2. The third kappa shape index (κ3) is 5.28. The molecule has 1 aromatic rings. The van der Waals surface area contributed by atoms with E-state index in [0.29, 0.717) is 25.4 Å². The maximum atomic E-state index is 12.0. The summed E-state index contributed by atoms with van der Waals surface area (Å²) in [6.45, 7) is 9.31. The molecule has 0 amide bonds. The van der Waals surface area contributed by atoms with Gasteiger partial charge in [0.05, 0.1) is 33.3 Å². The summed E-state index contributed by atoms with van der Waals surface area (Å²) < 4.78 is 15.9. The first-order chi connectivity index (χ1) is 13.0. The highest BCUT2D eigenvalue weighted by Crippen LogP contribution is 2.28. The van der Waals surface area contributed by atoms with Gasteiger partial charge in [-0.15, -0.1) is 0 Å². The van der Waals surface area contributed by atoms with Gasteiger partial charge in [-0.3, -0.25) is 4.79 Å². The van der Waals surface area contributed by atoms with E-state index in [1.807, 2.05) is 32.0 Å². The van der Waals surface area contributed by atoms with Gasteiger partial charge in [0.15, 0.2) is 17.5 Å². The van der Waals surface area contributed by atoms with Crippen LogP contribution < -0.4 is 14.8 Å². The highest BCUT2D eigenvalue weighted by Gasteiger charge is 2.36. The number of hydrogen-bond acceptors (Lipinski definition) is 5. The highest BCUT2D eigenvalue weighted by molar-refractivity contribution is 5.82. The smallest absolute Gasteiger partial charge is 0.310 e. The van der Waals surface area contributed by atoms with E-state index < -0.39 is 0 Å². The summed E-state index contributed by atoms with van der Waals surface area (Å²) in [5.41, 5.74) is 1.03. The van der Waals surface area contributed by atoms with Crippen molar-refractivity contribution in [1.29, 1.82) is 0 Å². The molecule has 1 N–H and O–H groups in total. The number of benzene rings is 1. The van der Waals surface area contributed by atoms with Gasteiger partial charge in [-0.2, -0.15) is 0 Å². The molecular formula is C20H31N3O4. The van der Waals surface area contributed by atoms with Crippen LogP contribution >= 0.6 is 0 Å². The standard InChI is InChI=1S/C20H31N3O4/c1-6-21-20(23-12-14(3)16(13-23)19(24)26-5)22-11-15-8-9-17(27-7-2)18(10-15)25-4/h8-10,14,16H,6-7,11-13H2,1-5H3,(H,21,22). The third-order valence-corrected chi connectivity index (χ3v) is 4.69. The lowest BCUT2D eigenvalue weighted by Crippen LogP contribution is -2.40. The number of aliphatic imine (C=N–C) groups is 1.